The van der Waals surface area contributed by atoms with Gasteiger partial charge in [-0.1, -0.05) is 19.1 Å². The summed E-state index contributed by atoms with van der Waals surface area (Å²) in [4.78, 5) is 11.6. The molecule has 2 rings (SSSR count). The van der Waals surface area contributed by atoms with Crippen LogP contribution < -0.4 is 0 Å². The quantitative estimate of drug-likeness (QED) is 0.758. The monoisotopic (exact) mass is 265 g/mol. The van der Waals surface area contributed by atoms with Gasteiger partial charge in [0, 0.05) is 6.92 Å². The molecule has 0 aliphatic heterocycles. The molecule has 0 fully saturated rings. The summed E-state index contributed by atoms with van der Waals surface area (Å²) >= 11 is 0. The fraction of sp³-hybridized carbons (Fsp3) is 0.545. The van der Waals surface area contributed by atoms with Gasteiger partial charge in [0.1, 0.15) is 6.54 Å². The van der Waals surface area contributed by atoms with E-state index < -0.39 is 5.97 Å². The molecule has 8 heteroatoms. The average molecular weight is 265 g/mol. The Labute approximate surface area is 109 Å². The highest BCUT2D eigenvalue weighted by Gasteiger charge is 2.23. The van der Waals surface area contributed by atoms with Crippen molar-refractivity contribution in [2.75, 3.05) is 7.11 Å². The molecule has 0 radical (unpaired) electrons. The number of esters is 1. The van der Waals surface area contributed by atoms with Crippen LogP contribution in [0.25, 0.3) is 0 Å². The first-order valence-electron chi connectivity index (χ1n) is 5.83. The van der Waals surface area contributed by atoms with Gasteiger partial charge in [0.25, 0.3) is 0 Å². The molecule has 8 nitrogen and oxygen atoms in total. The van der Waals surface area contributed by atoms with Crippen molar-refractivity contribution in [3.05, 3.63) is 23.2 Å². The molecule has 0 saturated heterocycles. The topological polar surface area (TPSA) is 95.9 Å². The van der Waals surface area contributed by atoms with E-state index in [4.69, 9.17) is 4.42 Å². The summed E-state index contributed by atoms with van der Waals surface area (Å²) in [6.07, 6.45) is 0. The summed E-state index contributed by atoms with van der Waals surface area (Å²) in [7, 11) is 1.31. The van der Waals surface area contributed by atoms with E-state index in [0.29, 0.717) is 17.5 Å². The van der Waals surface area contributed by atoms with Crippen LogP contribution in [0.5, 0.6) is 0 Å². The zero-order chi connectivity index (χ0) is 14.0. The number of aryl methyl sites for hydroxylation is 1. The van der Waals surface area contributed by atoms with Crippen LogP contribution in [-0.2, 0) is 11.3 Å². The van der Waals surface area contributed by atoms with E-state index in [1.54, 1.807) is 11.6 Å². The molecule has 0 atom stereocenters. The lowest BCUT2D eigenvalue weighted by atomic mass is 10.1. The van der Waals surface area contributed by atoms with Crippen LogP contribution in [0.4, 0.5) is 0 Å². The molecular weight excluding hydrogens is 250 g/mol. The maximum Gasteiger partial charge on any atom is 0.360 e. The Morgan fingerprint density at radius 2 is 2.11 bits per heavy atom. The van der Waals surface area contributed by atoms with Crippen LogP contribution in [-0.4, -0.2) is 38.3 Å². The Hall–Kier alpha value is -2.25. The average Bonchev–Trinajstić information content (AvgIpc) is 2.95. The number of aromatic nitrogens is 5. The van der Waals surface area contributed by atoms with Crippen LogP contribution in [0.15, 0.2) is 4.42 Å². The summed E-state index contributed by atoms with van der Waals surface area (Å²) in [6.45, 7) is 5.88. The highest BCUT2D eigenvalue weighted by atomic mass is 16.5. The number of ether oxygens (including phenoxy) is 1. The summed E-state index contributed by atoms with van der Waals surface area (Å²) in [5.41, 5.74) is 0.899. The first-order valence-corrected chi connectivity index (χ1v) is 5.83. The Bertz CT molecular complexity index is 587. The molecule has 0 aliphatic carbocycles. The van der Waals surface area contributed by atoms with Crippen LogP contribution in [0.3, 0.4) is 0 Å². The van der Waals surface area contributed by atoms with E-state index >= 15 is 0 Å². The van der Waals surface area contributed by atoms with E-state index in [1.807, 2.05) is 13.8 Å². The Morgan fingerprint density at radius 1 is 1.37 bits per heavy atom. The zero-order valence-corrected chi connectivity index (χ0v) is 11.2. The van der Waals surface area contributed by atoms with Gasteiger partial charge in [0.15, 0.2) is 5.69 Å². The number of hydrogen-bond donors (Lipinski definition) is 0. The number of hydrogen-bond acceptors (Lipinski definition) is 7. The van der Waals surface area contributed by atoms with Crippen LogP contribution in [0, 0.1) is 6.92 Å². The highest BCUT2D eigenvalue weighted by molar-refractivity contribution is 5.88. The molecule has 0 bridgehead atoms. The van der Waals surface area contributed by atoms with Crippen molar-refractivity contribution in [3.63, 3.8) is 0 Å². The lowest BCUT2D eigenvalue weighted by Crippen LogP contribution is -2.12. The van der Waals surface area contributed by atoms with Crippen molar-refractivity contribution in [1.82, 2.24) is 25.2 Å². The number of nitrogens with zero attached hydrogens (tertiary/aromatic N) is 5. The Morgan fingerprint density at radius 3 is 2.63 bits per heavy atom. The molecule has 0 amide bonds. The highest BCUT2D eigenvalue weighted by Crippen LogP contribution is 2.19. The largest absolute Gasteiger partial charge is 0.464 e. The van der Waals surface area contributed by atoms with Crippen LogP contribution >= 0.6 is 0 Å². The third-order valence-electron chi connectivity index (χ3n) is 2.55. The van der Waals surface area contributed by atoms with Gasteiger partial charge in [-0.15, -0.1) is 15.3 Å². The minimum absolute atomic E-state index is 0.0631. The smallest absolute Gasteiger partial charge is 0.360 e. The summed E-state index contributed by atoms with van der Waals surface area (Å²) < 4.78 is 11.6. The number of carbonyl (C=O) groups is 1. The zero-order valence-electron chi connectivity index (χ0n) is 11.2. The van der Waals surface area contributed by atoms with Crippen molar-refractivity contribution < 1.29 is 13.9 Å². The predicted octanol–water partition coefficient (Wildman–Crippen LogP) is 0.928. The van der Waals surface area contributed by atoms with Crippen molar-refractivity contribution in [2.24, 2.45) is 0 Å². The summed E-state index contributed by atoms with van der Waals surface area (Å²) in [5.74, 6) is 0.458. The Balaban J connectivity index is 2.35. The maximum atomic E-state index is 11.6. The van der Waals surface area contributed by atoms with E-state index in [-0.39, 0.29) is 18.2 Å². The first-order chi connectivity index (χ1) is 9.02. The standard InChI is InChI=1S/C11H15N5O3/c1-6(2)10-9(11(17)18-4)14-15-16(10)5-8-13-12-7(3)19-8/h6H,5H2,1-4H3. The molecule has 0 spiro atoms. The molecule has 2 aromatic rings. The predicted molar refractivity (Wildman–Crippen MR) is 63.6 cm³/mol. The van der Waals surface area contributed by atoms with Gasteiger partial charge in [0.05, 0.1) is 12.8 Å². The van der Waals surface area contributed by atoms with E-state index in [1.165, 1.54) is 7.11 Å². The second-order valence-corrected chi connectivity index (χ2v) is 4.34. The number of carbonyl (C=O) groups excluding carboxylic acids is 1. The molecule has 2 aromatic heterocycles. The summed E-state index contributed by atoms with van der Waals surface area (Å²) in [6, 6.07) is 0. The first kappa shape index (κ1) is 13.2. The molecule has 0 unspecified atom stereocenters. The number of methoxy groups -OCH3 is 1. The Kier molecular flexibility index (Phi) is 3.59. The molecule has 2 heterocycles. The maximum absolute atomic E-state index is 11.6. The van der Waals surface area contributed by atoms with Gasteiger partial charge in [-0.25, -0.2) is 9.48 Å². The minimum atomic E-state index is -0.503. The van der Waals surface area contributed by atoms with E-state index in [9.17, 15) is 4.79 Å². The fourth-order valence-electron chi connectivity index (χ4n) is 1.78. The molecule has 102 valence electrons. The third-order valence-corrected chi connectivity index (χ3v) is 2.55. The normalized spacial score (nSPS) is 11.0. The van der Waals surface area contributed by atoms with E-state index in [2.05, 4.69) is 25.2 Å². The van der Waals surface area contributed by atoms with Gasteiger partial charge < -0.3 is 9.15 Å². The molecular formula is C11H15N5O3. The van der Waals surface area contributed by atoms with Crippen LogP contribution in [0.2, 0.25) is 0 Å². The molecule has 0 aliphatic rings. The van der Waals surface area contributed by atoms with Crippen molar-refractivity contribution >= 4 is 5.97 Å². The van der Waals surface area contributed by atoms with Gasteiger partial charge in [-0.2, -0.15) is 0 Å². The molecule has 19 heavy (non-hydrogen) atoms. The lowest BCUT2D eigenvalue weighted by molar-refractivity contribution is 0.0592. The fourth-order valence-corrected chi connectivity index (χ4v) is 1.78. The molecule has 0 aromatic carbocycles. The van der Waals surface area contributed by atoms with Crippen LogP contribution in [0.1, 0.15) is 47.7 Å². The van der Waals surface area contributed by atoms with Crippen molar-refractivity contribution in [2.45, 2.75) is 33.2 Å². The molecule has 0 saturated carbocycles. The van der Waals surface area contributed by atoms with Crippen molar-refractivity contribution in [1.29, 1.82) is 0 Å². The van der Waals surface area contributed by atoms with Gasteiger partial charge >= 0.3 is 5.97 Å². The second kappa shape index (κ2) is 5.17. The lowest BCUT2D eigenvalue weighted by Gasteiger charge is -2.08. The van der Waals surface area contributed by atoms with Crippen molar-refractivity contribution in [3.8, 4) is 0 Å². The van der Waals surface area contributed by atoms with Gasteiger partial charge in [0.2, 0.25) is 11.8 Å². The third kappa shape index (κ3) is 2.61. The van der Waals surface area contributed by atoms with Gasteiger partial charge in [-0.05, 0) is 5.92 Å². The SMILES string of the molecule is COC(=O)c1nnn(Cc2nnc(C)o2)c1C(C)C. The molecule has 0 N–H and O–H groups in total. The van der Waals surface area contributed by atoms with Gasteiger partial charge in [-0.3, -0.25) is 0 Å². The van der Waals surface area contributed by atoms with E-state index in [0.717, 1.165) is 0 Å². The summed E-state index contributed by atoms with van der Waals surface area (Å²) in [5, 5.41) is 15.4. The second-order valence-electron chi connectivity index (χ2n) is 4.34. The minimum Gasteiger partial charge on any atom is -0.464 e. The number of rotatable bonds is 4.